The van der Waals surface area contributed by atoms with Crippen LogP contribution in [0.1, 0.15) is 61.5 Å². The van der Waals surface area contributed by atoms with E-state index in [0.29, 0.717) is 23.2 Å². The molecule has 0 bridgehead atoms. The van der Waals surface area contributed by atoms with Crippen molar-refractivity contribution < 1.29 is 14.4 Å². The Morgan fingerprint density at radius 1 is 1.00 bits per heavy atom. The molecule has 2 aliphatic heterocycles. The molecule has 7 nitrogen and oxygen atoms in total. The number of hydrogen-bond donors (Lipinski definition) is 1. The molecule has 2 aromatic rings. The first-order chi connectivity index (χ1) is 15.1. The average molecular weight is 416 g/mol. The molecule has 0 aromatic heterocycles. The second-order valence-electron chi connectivity index (χ2n) is 7.92. The van der Waals surface area contributed by atoms with Gasteiger partial charge in [-0.2, -0.15) is 5.26 Å². The Hall–Kier alpha value is -3.50. The van der Waals surface area contributed by atoms with Crippen LogP contribution in [0.4, 0.5) is 0 Å². The van der Waals surface area contributed by atoms with Crippen molar-refractivity contribution in [2.45, 2.75) is 25.8 Å². The highest BCUT2D eigenvalue weighted by Crippen LogP contribution is 2.26. The molecule has 31 heavy (non-hydrogen) atoms. The number of nitriles is 1. The van der Waals surface area contributed by atoms with Gasteiger partial charge in [0.2, 0.25) is 0 Å². The molecule has 0 aliphatic carbocycles. The zero-order valence-electron chi connectivity index (χ0n) is 17.3. The number of imide groups is 1. The highest BCUT2D eigenvalue weighted by Gasteiger charge is 2.36. The predicted octanol–water partition coefficient (Wildman–Crippen LogP) is 2.57. The topological polar surface area (TPSA) is 93.5 Å². The molecule has 0 saturated carbocycles. The quantitative estimate of drug-likeness (QED) is 0.553. The molecule has 158 valence electrons. The minimum Gasteiger partial charge on any atom is -0.352 e. The van der Waals surface area contributed by atoms with Crippen LogP contribution in [0.2, 0.25) is 0 Å². The minimum atomic E-state index is -0.409. The van der Waals surface area contributed by atoms with E-state index in [1.165, 1.54) is 23.8 Å². The van der Waals surface area contributed by atoms with Gasteiger partial charge in [0.25, 0.3) is 17.7 Å². The summed E-state index contributed by atoms with van der Waals surface area (Å²) in [6.07, 6.45) is 3.37. The Balaban J connectivity index is 1.38. The summed E-state index contributed by atoms with van der Waals surface area (Å²) >= 11 is 0. The van der Waals surface area contributed by atoms with Crippen molar-refractivity contribution in [3.63, 3.8) is 0 Å². The standard InChI is InChI=1S/C24H24N4O3/c25-15-17-4-6-18(7-5-17)16-28-23(30)20-9-8-19(14-21(20)24(28)31)22(29)26-10-3-13-27-11-1-2-12-27/h4-9,14H,1-3,10-13,16H2,(H,26,29). The number of likely N-dealkylation sites (tertiary alicyclic amines) is 1. The summed E-state index contributed by atoms with van der Waals surface area (Å²) in [6.45, 7) is 3.93. The van der Waals surface area contributed by atoms with Gasteiger partial charge in [-0.3, -0.25) is 19.3 Å². The number of amides is 3. The fourth-order valence-corrected chi connectivity index (χ4v) is 4.06. The summed E-state index contributed by atoms with van der Waals surface area (Å²) in [4.78, 5) is 41.6. The van der Waals surface area contributed by atoms with Crippen molar-refractivity contribution in [2.24, 2.45) is 0 Å². The molecule has 7 heteroatoms. The van der Waals surface area contributed by atoms with E-state index in [0.717, 1.165) is 31.6 Å². The number of benzene rings is 2. The molecular formula is C24H24N4O3. The van der Waals surface area contributed by atoms with Gasteiger partial charge < -0.3 is 10.2 Å². The molecule has 2 heterocycles. The summed E-state index contributed by atoms with van der Waals surface area (Å²) in [5.41, 5.74) is 2.21. The Morgan fingerprint density at radius 3 is 2.42 bits per heavy atom. The van der Waals surface area contributed by atoms with Crippen LogP contribution in [-0.4, -0.2) is 53.7 Å². The van der Waals surface area contributed by atoms with E-state index in [2.05, 4.69) is 10.2 Å². The zero-order valence-corrected chi connectivity index (χ0v) is 17.3. The van der Waals surface area contributed by atoms with E-state index < -0.39 is 5.91 Å². The summed E-state index contributed by atoms with van der Waals surface area (Å²) < 4.78 is 0. The predicted molar refractivity (Wildman–Crippen MR) is 114 cm³/mol. The normalized spacial score (nSPS) is 15.8. The van der Waals surface area contributed by atoms with E-state index >= 15 is 0 Å². The van der Waals surface area contributed by atoms with Gasteiger partial charge in [-0.15, -0.1) is 0 Å². The van der Waals surface area contributed by atoms with E-state index in [4.69, 9.17) is 5.26 Å². The smallest absolute Gasteiger partial charge is 0.261 e. The van der Waals surface area contributed by atoms with Crippen LogP contribution in [-0.2, 0) is 6.54 Å². The van der Waals surface area contributed by atoms with E-state index in [1.54, 1.807) is 36.4 Å². The number of fused-ring (bicyclic) bond motifs is 1. The lowest BCUT2D eigenvalue weighted by Gasteiger charge is -2.14. The SMILES string of the molecule is N#Cc1ccc(CN2C(=O)c3ccc(C(=O)NCCCN4CCCC4)cc3C2=O)cc1. The summed E-state index contributed by atoms with van der Waals surface area (Å²) in [5, 5.41) is 11.8. The van der Waals surface area contributed by atoms with Crippen molar-refractivity contribution in [2.75, 3.05) is 26.2 Å². The average Bonchev–Trinajstić information content (AvgIpc) is 3.40. The molecule has 1 saturated heterocycles. The Morgan fingerprint density at radius 2 is 1.71 bits per heavy atom. The third-order valence-electron chi connectivity index (χ3n) is 5.79. The highest BCUT2D eigenvalue weighted by molar-refractivity contribution is 6.22. The van der Waals surface area contributed by atoms with Crippen LogP contribution in [0, 0.1) is 11.3 Å². The summed E-state index contributed by atoms with van der Waals surface area (Å²) in [7, 11) is 0. The molecule has 2 aromatic carbocycles. The van der Waals surface area contributed by atoms with Crippen molar-refractivity contribution in [1.82, 2.24) is 15.1 Å². The molecule has 0 atom stereocenters. The Kier molecular flexibility index (Phi) is 6.10. The van der Waals surface area contributed by atoms with Crippen LogP contribution in [0.3, 0.4) is 0 Å². The molecular weight excluding hydrogens is 392 g/mol. The fourth-order valence-electron chi connectivity index (χ4n) is 4.06. The molecule has 2 aliphatic rings. The first-order valence-corrected chi connectivity index (χ1v) is 10.6. The maximum atomic E-state index is 12.8. The van der Waals surface area contributed by atoms with Gasteiger partial charge in [0.15, 0.2) is 0 Å². The van der Waals surface area contributed by atoms with Crippen molar-refractivity contribution in [1.29, 1.82) is 5.26 Å². The Labute approximate surface area is 181 Å². The zero-order chi connectivity index (χ0) is 21.8. The number of nitrogens with zero attached hydrogens (tertiary/aromatic N) is 3. The van der Waals surface area contributed by atoms with Crippen molar-refractivity contribution in [3.05, 3.63) is 70.3 Å². The molecule has 4 rings (SSSR count). The van der Waals surface area contributed by atoms with Crippen LogP contribution < -0.4 is 5.32 Å². The van der Waals surface area contributed by atoms with Gasteiger partial charge in [-0.25, -0.2) is 0 Å². The molecule has 0 unspecified atom stereocenters. The lowest BCUT2D eigenvalue weighted by Crippen LogP contribution is -2.29. The maximum Gasteiger partial charge on any atom is 0.261 e. The molecule has 0 spiro atoms. The maximum absolute atomic E-state index is 12.8. The van der Waals surface area contributed by atoms with Gasteiger partial charge in [0.05, 0.1) is 29.3 Å². The first kappa shape index (κ1) is 20.8. The second-order valence-corrected chi connectivity index (χ2v) is 7.92. The van der Waals surface area contributed by atoms with Crippen molar-refractivity contribution in [3.8, 4) is 6.07 Å². The fraction of sp³-hybridized carbons (Fsp3) is 0.333. The minimum absolute atomic E-state index is 0.121. The third kappa shape index (κ3) is 4.49. The van der Waals surface area contributed by atoms with E-state index in [1.807, 2.05) is 6.07 Å². The number of nitrogens with one attached hydrogen (secondary N) is 1. The first-order valence-electron chi connectivity index (χ1n) is 10.6. The van der Waals surface area contributed by atoms with E-state index in [9.17, 15) is 14.4 Å². The summed E-state index contributed by atoms with van der Waals surface area (Å²) in [5.74, 6) is -1.02. The van der Waals surface area contributed by atoms with Gasteiger partial charge in [0.1, 0.15) is 0 Å². The number of rotatable bonds is 7. The largest absolute Gasteiger partial charge is 0.352 e. The lowest BCUT2D eigenvalue weighted by atomic mass is 10.1. The molecule has 1 fully saturated rings. The monoisotopic (exact) mass is 416 g/mol. The molecule has 0 radical (unpaired) electrons. The second kappa shape index (κ2) is 9.11. The molecule has 1 N–H and O–H groups in total. The van der Waals surface area contributed by atoms with Crippen LogP contribution in [0.15, 0.2) is 42.5 Å². The van der Waals surface area contributed by atoms with Crippen LogP contribution in [0.5, 0.6) is 0 Å². The van der Waals surface area contributed by atoms with Crippen LogP contribution in [0.25, 0.3) is 0 Å². The Bertz CT molecular complexity index is 1050. The number of carbonyl (C=O) groups excluding carboxylic acids is 3. The summed E-state index contributed by atoms with van der Waals surface area (Å²) in [6, 6.07) is 13.4. The molecule has 3 amide bonds. The van der Waals surface area contributed by atoms with Gasteiger partial charge >= 0.3 is 0 Å². The van der Waals surface area contributed by atoms with Gasteiger partial charge in [-0.1, -0.05) is 12.1 Å². The number of carbonyl (C=O) groups is 3. The van der Waals surface area contributed by atoms with Crippen molar-refractivity contribution >= 4 is 17.7 Å². The van der Waals surface area contributed by atoms with Gasteiger partial charge in [0, 0.05) is 12.1 Å². The van der Waals surface area contributed by atoms with E-state index in [-0.39, 0.29) is 23.9 Å². The third-order valence-corrected chi connectivity index (χ3v) is 5.79. The highest BCUT2D eigenvalue weighted by atomic mass is 16.2. The van der Waals surface area contributed by atoms with Gasteiger partial charge in [-0.05, 0) is 74.8 Å². The van der Waals surface area contributed by atoms with Crippen LogP contribution >= 0.6 is 0 Å². The number of hydrogen-bond acceptors (Lipinski definition) is 5. The lowest BCUT2D eigenvalue weighted by molar-refractivity contribution is 0.0642.